The van der Waals surface area contributed by atoms with E-state index in [1.165, 1.54) is 6.20 Å². The zero-order valence-electron chi connectivity index (χ0n) is 7.85. The Kier molecular flexibility index (Phi) is 2.79. The first kappa shape index (κ1) is 9.87. The topological polar surface area (TPSA) is 30.0 Å². The molecule has 2 nitrogen and oxygen atoms in total. The number of benzene rings is 1. The van der Waals surface area contributed by atoms with Gasteiger partial charge >= 0.3 is 0 Å². The molecular weight excluding hydrogens is 210 g/mol. The molecule has 0 unspecified atom stereocenters. The predicted octanol–water partition coefficient (Wildman–Crippen LogP) is 3.21. The molecule has 0 bridgehead atoms. The number of halogens is 1. The quantitative estimate of drug-likeness (QED) is 0.571. The number of pyridine rings is 1. The average Bonchev–Trinajstić information content (AvgIpc) is 2.31. The highest BCUT2D eigenvalue weighted by molar-refractivity contribution is 6.32. The number of nitrogens with zero attached hydrogens (tertiary/aromatic N) is 1. The second kappa shape index (κ2) is 4.24. The van der Waals surface area contributed by atoms with Crippen LogP contribution in [0.4, 0.5) is 0 Å². The third-order valence-electron chi connectivity index (χ3n) is 2.08. The van der Waals surface area contributed by atoms with Crippen molar-refractivity contribution in [3.8, 4) is 11.1 Å². The van der Waals surface area contributed by atoms with E-state index < -0.39 is 0 Å². The molecule has 2 aromatic rings. The highest BCUT2D eigenvalue weighted by atomic mass is 35.5. The van der Waals surface area contributed by atoms with Gasteiger partial charge in [-0.15, -0.1) is 0 Å². The van der Waals surface area contributed by atoms with Crippen LogP contribution in [0.1, 0.15) is 10.4 Å². The van der Waals surface area contributed by atoms with Crippen molar-refractivity contribution in [2.45, 2.75) is 0 Å². The molecule has 0 atom stereocenters. The lowest BCUT2D eigenvalue weighted by Crippen LogP contribution is -1.87. The molecule has 0 aliphatic heterocycles. The summed E-state index contributed by atoms with van der Waals surface area (Å²) in [6.45, 7) is 0. The summed E-state index contributed by atoms with van der Waals surface area (Å²) < 4.78 is 0. The number of aromatic nitrogens is 1. The highest BCUT2D eigenvalue weighted by Crippen LogP contribution is 2.26. The summed E-state index contributed by atoms with van der Waals surface area (Å²) in [5.41, 5.74) is 2.26. The molecule has 0 saturated heterocycles. The van der Waals surface area contributed by atoms with Crippen molar-refractivity contribution in [2.75, 3.05) is 0 Å². The summed E-state index contributed by atoms with van der Waals surface area (Å²) in [6, 6.07) is 11.3. The molecule has 74 valence electrons. The Morgan fingerprint density at radius 1 is 1.20 bits per heavy atom. The fourth-order valence-corrected chi connectivity index (χ4v) is 1.56. The average molecular weight is 218 g/mol. The van der Waals surface area contributed by atoms with Crippen LogP contribution in [0.15, 0.2) is 42.6 Å². The van der Waals surface area contributed by atoms with E-state index in [2.05, 4.69) is 4.98 Å². The lowest BCUT2D eigenvalue weighted by atomic mass is 10.1. The van der Waals surface area contributed by atoms with Crippen molar-refractivity contribution in [1.82, 2.24) is 4.98 Å². The summed E-state index contributed by atoms with van der Waals surface area (Å²) >= 11 is 5.96. The maximum absolute atomic E-state index is 10.6. The Morgan fingerprint density at radius 3 is 2.60 bits per heavy atom. The van der Waals surface area contributed by atoms with Gasteiger partial charge in [-0.3, -0.25) is 4.79 Å². The zero-order valence-corrected chi connectivity index (χ0v) is 8.61. The molecule has 0 amide bonds. The Bertz CT molecular complexity index is 482. The molecule has 0 saturated carbocycles. The molecular formula is C12H8ClNO. The summed E-state index contributed by atoms with van der Waals surface area (Å²) in [6.07, 6.45) is 2.22. The van der Waals surface area contributed by atoms with Gasteiger partial charge in [0.2, 0.25) is 0 Å². The van der Waals surface area contributed by atoms with Gasteiger partial charge in [0.05, 0.1) is 0 Å². The minimum absolute atomic E-state index is 0.409. The van der Waals surface area contributed by atoms with Crippen molar-refractivity contribution in [3.05, 3.63) is 53.3 Å². The second-order valence-electron chi connectivity index (χ2n) is 3.09. The number of hydrogen-bond acceptors (Lipinski definition) is 2. The van der Waals surface area contributed by atoms with Crippen LogP contribution >= 0.6 is 11.6 Å². The Labute approximate surface area is 92.5 Å². The molecule has 1 aromatic carbocycles. The maximum atomic E-state index is 10.6. The maximum Gasteiger partial charge on any atom is 0.151 e. The minimum atomic E-state index is 0.409. The molecule has 0 radical (unpaired) electrons. The third kappa shape index (κ3) is 2.05. The lowest BCUT2D eigenvalue weighted by molar-refractivity contribution is 0.112. The van der Waals surface area contributed by atoms with Crippen LogP contribution in [-0.4, -0.2) is 11.3 Å². The van der Waals surface area contributed by atoms with Gasteiger partial charge in [0.1, 0.15) is 5.15 Å². The highest BCUT2D eigenvalue weighted by Gasteiger charge is 2.05. The van der Waals surface area contributed by atoms with Gasteiger partial charge in [-0.2, -0.15) is 0 Å². The zero-order chi connectivity index (χ0) is 10.7. The van der Waals surface area contributed by atoms with Crippen LogP contribution in [0, 0.1) is 0 Å². The Balaban J connectivity index is 2.57. The number of carbonyl (C=O) groups is 1. The van der Waals surface area contributed by atoms with Crippen molar-refractivity contribution >= 4 is 17.9 Å². The summed E-state index contributed by atoms with van der Waals surface area (Å²) in [5, 5.41) is 0.409. The fraction of sp³-hybridized carbons (Fsp3) is 0. The van der Waals surface area contributed by atoms with E-state index in [1.807, 2.05) is 30.3 Å². The van der Waals surface area contributed by atoms with Crippen LogP contribution in [-0.2, 0) is 0 Å². The van der Waals surface area contributed by atoms with Crippen molar-refractivity contribution in [1.29, 1.82) is 0 Å². The number of hydrogen-bond donors (Lipinski definition) is 0. The molecule has 0 aliphatic carbocycles. The molecule has 1 heterocycles. The van der Waals surface area contributed by atoms with Crippen LogP contribution in [0.25, 0.3) is 11.1 Å². The fourth-order valence-electron chi connectivity index (χ4n) is 1.35. The van der Waals surface area contributed by atoms with Gasteiger partial charge in [0.25, 0.3) is 0 Å². The molecule has 15 heavy (non-hydrogen) atoms. The van der Waals surface area contributed by atoms with E-state index >= 15 is 0 Å². The van der Waals surface area contributed by atoms with E-state index in [1.54, 1.807) is 6.07 Å². The number of carbonyl (C=O) groups excluding carboxylic acids is 1. The van der Waals surface area contributed by atoms with Gasteiger partial charge in [-0.25, -0.2) is 4.98 Å². The SMILES string of the molecule is O=Cc1cnc(Cl)c(-c2ccccc2)c1. The summed E-state index contributed by atoms with van der Waals surface area (Å²) in [7, 11) is 0. The standard InChI is InChI=1S/C12H8ClNO/c13-12-11(6-9(8-15)7-14-12)10-4-2-1-3-5-10/h1-8H. The van der Waals surface area contributed by atoms with Gasteiger partial charge in [0, 0.05) is 17.3 Å². The minimum Gasteiger partial charge on any atom is -0.298 e. The van der Waals surface area contributed by atoms with Crippen molar-refractivity contribution in [2.24, 2.45) is 0 Å². The molecule has 0 aliphatic rings. The van der Waals surface area contributed by atoms with Gasteiger partial charge in [-0.1, -0.05) is 41.9 Å². The molecule has 0 fully saturated rings. The van der Waals surface area contributed by atoms with Crippen LogP contribution in [0.3, 0.4) is 0 Å². The van der Waals surface area contributed by atoms with Gasteiger partial charge in [-0.05, 0) is 11.6 Å². The van der Waals surface area contributed by atoms with Crippen LogP contribution in [0.5, 0.6) is 0 Å². The molecule has 0 spiro atoms. The van der Waals surface area contributed by atoms with E-state index in [4.69, 9.17) is 11.6 Å². The Morgan fingerprint density at radius 2 is 1.93 bits per heavy atom. The van der Waals surface area contributed by atoms with E-state index in [0.29, 0.717) is 10.7 Å². The molecule has 2 rings (SSSR count). The van der Waals surface area contributed by atoms with Crippen LogP contribution in [0.2, 0.25) is 5.15 Å². The molecule has 1 aromatic heterocycles. The molecule has 0 N–H and O–H groups in total. The van der Waals surface area contributed by atoms with E-state index in [0.717, 1.165) is 17.4 Å². The monoisotopic (exact) mass is 217 g/mol. The van der Waals surface area contributed by atoms with E-state index in [9.17, 15) is 4.79 Å². The van der Waals surface area contributed by atoms with Crippen molar-refractivity contribution < 1.29 is 4.79 Å². The number of rotatable bonds is 2. The van der Waals surface area contributed by atoms with E-state index in [-0.39, 0.29) is 0 Å². The first-order valence-electron chi connectivity index (χ1n) is 4.47. The normalized spacial score (nSPS) is 9.93. The first-order chi connectivity index (χ1) is 7.31. The largest absolute Gasteiger partial charge is 0.298 e. The smallest absolute Gasteiger partial charge is 0.151 e. The van der Waals surface area contributed by atoms with Crippen LogP contribution < -0.4 is 0 Å². The van der Waals surface area contributed by atoms with Gasteiger partial charge < -0.3 is 0 Å². The second-order valence-corrected chi connectivity index (χ2v) is 3.45. The van der Waals surface area contributed by atoms with Crippen molar-refractivity contribution in [3.63, 3.8) is 0 Å². The summed E-state index contributed by atoms with van der Waals surface area (Å²) in [4.78, 5) is 14.6. The third-order valence-corrected chi connectivity index (χ3v) is 2.38. The van der Waals surface area contributed by atoms with Gasteiger partial charge in [0.15, 0.2) is 6.29 Å². The lowest BCUT2D eigenvalue weighted by Gasteiger charge is -2.03. The predicted molar refractivity (Wildman–Crippen MR) is 60.1 cm³/mol. The molecule has 3 heteroatoms. The number of aldehydes is 1. The summed E-state index contributed by atoms with van der Waals surface area (Å²) in [5.74, 6) is 0. The Hall–Kier alpha value is -1.67. The first-order valence-corrected chi connectivity index (χ1v) is 4.85.